The zero-order valence-electron chi connectivity index (χ0n) is 12.8. The summed E-state index contributed by atoms with van der Waals surface area (Å²) in [5.74, 6) is -1.04. The lowest BCUT2D eigenvalue weighted by Gasteiger charge is -2.31. The van der Waals surface area contributed by atoms with Gasteiger partial charge in [-0.2, -0.15) is 0 Å². The number of carboxylic acid groups (broad SMARTS) is 1. The summed E-state index contributed by atoms with van der Waals surface area (Å²) in [7, 11) is 0. The van der Waals surface area contributed by atoms with Gasteiger partial charge in [0.05, 0.1) is 0 Å². The van der Waals surface area contributed by atoms with Crippen LogP contribution in [-0.2, 0) is 14.4 Å². The quantitative estimate of drug-likeness (QED) is 0.759. The number of aliphatic carboxylic acids is 1. The van der Waals surface area contributed by atoms with Crippen molar-refractivity contribution in [2.24, 2.45) is 17.3 Å². The van der Waals surface area contributed by atoms with Crippen LogP contribution in [0.4, 0.5) is 0 Å². The van der Waals surface area contributed by atoms with E-state index in [1.54, 1.807) is 6.92 Å². The number of carbonyl (C=O) groups excluding carboxylic acids is 2. The van der Waals surface area contributed by atoms with Gasteiger partial charge < -0.3 is 5.11 Å². The molecule has 1 N–H and O–H groups in total. The second-order valence-electron chi connectivity index (χ2n) is 6.77. The molecule has 2 atom stereocenters. The maximum Gasteiger partial charge on any atom is 0.303 e. The number of carboxylic acids is 1. The Morgan fingerprint density at radius 1 is 1.35 bits per heavy atom. The van der Waals surface area contributed by atoms with E-state index in [0.29, 0.717) is 25.8 Å². The first-order valence-electron chi connectivity index (χ1n) is 7.19. The van der Waals surface area contributed by atoms with E-state index in [2.05, 4.69) is 20.8 Å². The molecule has 1 heterocycles. The first kappa shape index (κ1) is 16.7. The predicted molar refractivity (Wildman–Crippen MR) is 74.9 cm³/mol. The molecule has 2 unspecified atom stereocenters. The van der Waals surface area contributed by atoms with E-state index in [0.717, 1.165) is 0 Å². The van der Waals surface area contributed by atoms with Gasteiger partial charge in [0.25, 0.3) is 0 Å². The van der Waals surface area contributed by atoms with Crippen LogP contribution in [0.3, 0.4) is 0 Å². The third-order valence-electron chi connectivity index (χ3n) is 4.10. The second-order valence-corrected chi connectivity index (χ2v) is 6.77. The number of hydrogen-bond donors (Lipinski definition) is 1. The van der Waals surface area contributed by atoms with Gasteiger partial charge in [-0.05, 0) is 24.2 Å². The Morgan fingerprint density at radius 3 is 2.35 bits per heavy atom. The highest BCUT2D eigenvalue weighted by Gasteiger charge is 2.36. The number of imide groups is 1. The molecule has 1 aliphatic rings. The molecular weight excluding hydrogens is 258 g/mol. The van der Waals surface area contributed by atoms with Crippen LogP contribution >= 0.6 is 0 Å². The zero-order valence-corrected chi connectivity index (χ0v) is 12.8. The summed E-state index contributed by atoms with van der Waals surface area (Å²) < 4.78 is 0. The summed E-state index contributed by atoms with van der Waals surface area (Å²) in [6, 6.07) is 0. The fourth-order valence-electron chi connectivity index (χ4n) is 2.68. The Balaban J connectivity index is 2.60. The molecular formula is C15H25NO4. The number of amides is 2. The summed E-state index contributed by atoms with van der Waals surface area (Å²) in [5, 5.41) is 8.81. The molecule has 0 aromatic heterocycles. The first-order chi connectivity index (χ1) is 9.12. The minimum absolute atomic E-state index is 0.0348. The van der Waals surface area contributed by atoms with E-state index < -0.39 is 5.97 Å². The van der Waals surface area contributed by atoms with Crippen molar-refractivity contribution in [3.8, 4) is 0 Å². The van der Waals surface area contributed by atoms with Crippen LogP contribution in [0.15, 0.2) is 0 Å². The van der Waals surface area contributed by atoms with Crippen LogP contribution in [0.1, 0.15) is 53.4 Å². The molecule has 0 aromatic carbocycles. The van der Waals surface area contributed by atoms with Gasteiger partial charge >= 0.3 is 5.97 Å². The smallest absolute Gasteiger partial charge is 0.303 e. The molecule has 1 rings (SSSR count). The van der Waals surface area contributed by atoms with Crippen molar-refractivity contribution in [3.05, 3.63) is 0 Å². The Kier molecular flexibility index (Phi) is 5.31. The Bertz CT molecular complexity index is 397. The van der Waals surface area contributed by atoms with Crippen molar-refractivity contribution in [1.29, 1.82) is 0 Å². The summed E-state index contributed by atoms with van der Waals surface area (Å²) >= 11 is 0. The number of nitrogens with zero attached hydrogens (tertiary/aromatic N) is 1. The SMILES string of the molecule is CC1CC(=O)N(CCC(CCC(=O)O)C(C)(C)C)C1=O. The molecule has 114 valence electrons. The molecule has 5 heteroatoms. The van der Waals surface area contributed by atoms with E-state index in [-0.39, 0.29) is 35.5 Å². The predicted octanol–water partition coefficient (Wildman–Crippen LogP) is 2.30. The van der Waals surface area contributed by atoms with Gasteiger partial charge in [-0.15, -0.1) is 0 Å². The average molecular weight is 283 g/mol. The van der Waals surface area contributed by atoms with E-state index in [4.69, 9.17) is 5.11 Å². The van der Waals surface area contributed by atoms with Crippen LogP contribution in [0.5, 0.6) is 0 Å². The summed E-state index contributed by atoms with van der Waals surface area (Å²) in [4.78, 5) is 35.6. The summed E-state index contributed by atoms with van der Waals surface area (Å²) in [5.41, 5.74) is -0.0348. The maximum atomic E-state index is 11.9. The van der Waals surface area contributed by atoms with E-state index in [9.17, 15) is 14.4 Å². The van der Waals surface area contributed by atoms with Gasteiger partial charge in [0.2, 0.25) is 11.8 Å². The molecule has 20 heavy (non-hydrogen) atoms. The van der Waals surface area contributed by atoms with Gasteiger partial charge in [-0.3, -0.25) is 19.3 Å². The van der Waals surface area contributed by atoms with Crippen molar-refractivity contribution in [3.63, 3.8) is 0 Å². The molecule has 2 amide bonds. The van der Waals surface area contributed by atoms with Crippen LogP contribution in [-0.4, -0.2) is 34.3 Å². The monoisotopic (exact) mass is 283 g/mol. The normalized spacial score (nSPS) is 21.4. The maximum absolute atomic E-state index is 11.9. The minimum Gasteiger partial charge on any atom is -0.481 e. The van der Waals surface area contributed by atoms with Crippen molar-refractivity contribution >= 4 is 17.8 Å². The third kappa shape index (κ3) is 4.32. The van der Waals surface area contributed by atoms with E-state index in [1.807, 2.05) is 0 Å². The number of carbonyl (C=O) groups is 3. The topological polar surface area (TPSA) is 74.7 Å². The zero-order chi connectivity index (χ0) is 15.5. The van der Waals surface area contributed by atoms with Gasteiger partial charge in [-0.1, -0.05) is 27.7 Å². The minimum atomic E-state index is -0.804. The Labute approximate surface area is 120 Å². The van der Waals surface area contributed by atoms with Crippen LogP contribution in [0, 0.1) is 17.3 Å². The first-order valence-corrected chi connectivity index (χ1v) is 7.19. The van der Waals surface area contributed by atoms with Crippen LogP contribution < -0.4 is 0 Å². The van der Waals surface area contributed by atoms with Crippen molar-refractivity contribution in [1.82, 2.24) is 4.90 Å². The molecule has 0 spiro atoms. The molecule has 1 saturated heterocycles. The largest absolute Gasteiger partial charge is 0.481 e. The average Bonchev–Trinajstić information content (AvgIpc) is 2.52. The highest BCUT2D eigenvalue weighted by atomic mass is 16.4. The van der Waals surface area contributed by atoms with Gasteiger partial charge in [-0.25, -0.2) is 0 Å². The Hall–Kier alpha value is -1.39. The molecule has 0 radical (unpaired) electrons. The lowest BCUT2D eigenvalue weighted by molar-refractivity contribution is -0.140. The lowest BCUT2D eigenvalue weighted by Crippen LogP contribution is -2.34. The van der Waals surface area contributed by atoms with Crippen LogP contribution in [0.25, 0.3) is 0 Å². The molecule has 0 bridgehead atoms. The van der Waals surface area contributed by atoms with E-state index in [1.165, 1.54) is 4.90 Å². The fourth-order valence-corrected chi connectivity index (χ4v) is 2.68. The van der Waals surface area contributed by atoms with Gasteiger partial charge in [0, 0.05) is 25.3 Å². The molecule has 0 aromatic rings. The van der Waals surface area contributed by atoms with Crippen LogP contribution in [0.2, 0.25) is 0 Å². The number of hydrogen-bond acceptors (Lipinski definition) is 3. The molecule has 5 nitrogen and oxygen atoms in total. The summed E-state index contributed by atoms with van der Waals surface area (Å²) in [6.07, 6.45) is 1.67. The Morgan fingerprint density at radius 2 is 1.95 bits per heavy atom. The standard InChI is InChI=1S/C15H25NO4/c1-10-9-12(17)16(14(10)20)8-7-11(15(2,3)4)5-6-13(18)19/h10-11H,5-9H2,1-4H3,(H,18,19). The molecule has 1 aliphatic heterocycles. The fraction of sp³-hybridized carbons (Fsp3) is 0.800. The van der Waals surface area contributed by atoms with Crippen molar-refractivity contribution < 1.29 is 19.5 Å². The highest BCUT2D eigenvalue weighted by molar-refractivity contribution is 6.03. The number of rotatable bonds is 6. The van der Waals surface area contributed by atoms with Crippen molar-refractivity contribution in [2.45, 2.75) is 53.4 Å². The van der Waals surface area contributed by atoms with Crippen molar-refractivity contribution in [2.75, 3.05) is 6.54 Å². The van der Waals surface area contributed by atoms with Gasteiger partial charge in [0.1, 0.15) is 0 Å². The molecule has 0 saturated carbocycles. The highest BCUT2D eigenvalue weighted by Crippen LogP contribution is 2.33. The summed E-state index contributed by atoms with van der Waals surface area (Å²) in [6.45, 7) is 8.37. The van der Waals surface area contributed by atoms with E-state index >= 15 is 0 Å². The molecule has 0 aliphatic carbocycles. The third-order valence-corrected chi connectivity index (χ3v) is 4.10. The lowest BCUT2D eigenvalue weighted by atomic mass is 9.76. The number of likely N-dealkylation sites (tertiary alicyclic amines) is 1. The molecule has 1 fully saturated rings. The van der Waals surface area contributed by atoms with Gasteiger partial charge in [0.15, 0.2) is 0 Å². The second kappa shape index (κ2) is 6.37.